The van der Waals surface area contributed by atoms with E-state index in [1.807, 2.05) is 26.1 Å². The highest BCUT2D eigenvalue weighted by Crippen LogP contribution is 2.40. The number of likely N-dealkylation sites (N-methyl/N-ethyl adjacent to an activating group) is 1. The van der Waals surface area contributed by atoms with Gasteiger partial charge in [-0.2, -0.15) is 4.98 Å². The molecule has 3 aromatic rings. The number of fused-ring (bicyclic) bond motifs is 1. The molecular formula is C19H22FN5O2. The number of hydrogen-bond acceptors (Lipinski definition) is 7. The summed E-state index contributed by atoms with van der Waals surface area (Å²) in [7, 11) is 1.94. The first-order chi connectivity index (χ1) is 13.1. The lowest BCUT2D eigenvalue weighted by atomic mass is 9.92. The highest BCUT2D eigenvalue weighted by molar-refractivity contribution is 5.87. The van der Waals surface area contributed by atoms with Crippen LogP contribution in [0.2, 0.25) is 0 Å². The molecule has 3 heterocycles. The quantitative estimate of drug-likeness (QED) is 0.713. The predicted octanol–water partition coefficient (Wildman–Crippen LogP) is 2.53. The zero-order chi connectivity index (χ0) is 19.0. The maximum atomic E-state index is 14.5. The Kier molecular flexibility index (Phi) is 4.75. The molecule has 1 fully saturated rings. The molecule has 1 aliphatic heterocycles. The number of aliphatic hydroxyl groups excluding tert-OH is 1. The van der Waals surface area contributed by atoms with Gasteiger partial charge in [0, 0.05) is 24.2 Å². The molecule has 0 aliphatic carbocycles. The van der Waals surface area contributed by atoms with Gasteiger partial charge in [-0.3, -0.25) is 4.90 Å². The van der Waals surface area contributed by atoms with Crippen LogP contribution in [-0.4, -0.2) is 51.4 Å². The van der Waals surface area contributed by atoms with Crippen LogP contribution >= 0.6 is 0 Å². The Bertz CT molecular complexity index is 947. The van der Waals surface area contributed by atoms with Crippen LogP contribution < -0.4 is 5.32 Å². The van der Waals surface area contributed by atoms with E-state index in [2.05, 4.69) is 25.3 Å². The van der Waals surface area contributed by atoms with Gasteiger partial charge in [0.2, 0.25) is 0 Å². The van der Waals surface area contributed by atoms with Crippen LogP contribution in [0.3, 0.4) is 0 Å². The molecule has 0 unspecified atom stereocenters. The van der Waals surface area contributed by atoms with Crippen molar-refractivity contribution in [3.63, 3.8) is 0 Å². The molecular weight excluding hydrogens is 349 g/mol. The molecule has 0 amide bonds. The van der Waals surface area contributed by atoms with Gasteiger partial charge in [-0.25, -0.2) is 9.37 Å². The molecule has 1 saturated heterocycles. The van der Waals surface area contributed by atoms with Crippen LogP contribution in [0, 0.1) is 18.7 Å². The monoisotopic (exact) mass is 371 g/mol. The van der Waals surface area contributed by atoms with Crippen molar-refractivity contribution in [2.45, 2.75) is 25.4 Å². The SMILES string of the molecule is Cc1noc2ncnc(NC[C@H]3C[C@@H](CO)N(C)[C@H]3c3ccccc3F)c12. The number of halogens is 1. The van der Waals surface area contributed by atoms with Crippen molar-refractivity contribution in [1.82, 2.24) is 20.0 Å². The van der Waals surface area contributed by atoms with Crippen molar-refractivity contribution in [3.8, 4) is 0 Å². The van der Waals surface area contributed by atoms with Gasteiger partial charge >= 0.3 is 0 Å². The molecule has 4 rings (SSSR count). The number of nitrogens with zero attached hydrogens (tertiary/aromatic N) is 4. The van der Waals surface area contributed by atoms with Crippen LogP contribution in [0.5, 0.6) is 0 Å². The zero-order valence-electron chi connectivity index (χ0n) is 15.3. The van der Waals surface area contributed by atoms with Crippen molar-refractivity contribution >= 4 is 16.9 Å². The molecule has 2 aromatic heterocycles. The number of nitrogens with one attached hydrogen (secondary N) is 1. The third-order valence-corrected chi connectivity index (χ3v) is 5.45. The van der Waals surface area contributed by atoms with Crippen molar-refractivity contribution < 1.29 is 14.0 Å². The molecule has 0 saturated carbocycles. The average Bonchev–Trinajstić information content (AvgIpc) is 3.21. The van der Waals surface area contributed by atoms with Crippen LogP contribution in [-0.2, 0) is 0 Å². The molecule has 2 N–H and O–H groups in total. The highest BCUT2D eigenvalue weighted by atomic mass is 19.1. The summed E-state index contributed by atoms with van der Waals surface area (Å²) in [4.78, 5) is 10.5. The van der Waals surface area contributed by atoms with Crippen molar-refractivity contribution in [1.29, 1.82) is 0 Å². The summed E-state index contributed by atoms with van der Waals surface area (Å²) >= 11 is 0. The first kappa shape index (κ1) is 17.8. The van der Waals surface area contributed by atoms with E-state index < -0.39 is 0 Å². The van der Waals surface area contributed by atoms with Gasteiger partial charge in [0.15, 0.2) is 0 Å². The van der Waals surface area contributed by atoms with E-state index >= 15 is 0 Å². The third kappa shape index (κ3) is 3.15. The largest absolute Gasteiger partial charge is 0.395 e. The van der Waals surface area contributed by atoms with E-state index in [4.69, 9.17) is 4.52 Å². The number of likely N-dealkylation sites (tertiary alicyclic amines) is 1. The highest BCUT2D eigenvalue weighted by Gasteiger charge is 2.40. The second-order valence-electron chi connectivity index (χ2n) is 7.02. The molecule has 8 heteroatoms. The fraction of sp³-hybridized carbons (Fsp3) is 0.421. The number of rotatable bonds is 5. The lowest BCUT2D eigenvalue weighted by Crippen LogP contribution is -2.31. The summed E-state index contributed by atoms with van der Waals surface area (Å²) in [5.74, 6) is 0.535. The Labute approximate surface area is 156 Å². The van der Waals surface area contributed by atoms with E-state index in [0.29, 0.717) is 23.6 Å². The first-order valence-electron chi connectivity index (χ1n) is 8.98. The fourth-order valence-electron chi connectivity index (χ4n) is 4.07. The summed E-state index contributed by atoms with van der Waals surface area (Å²) in [6.45, 7) is 2.46. The fourth-order valence-corrected chi connectivity index (χ4v) is 4.07. The van der Waals surface area contributed by atoms with Crippen LogP contribution in [0.15, 0.2) is 35.1 Å². The molecule has 0 bridgehead atoms. The Morgan fingerprint density at radius 1 is 1.33 bits per heavy atom. The van der Waals surface area contributed by atoms with Gasteiger partial charge in [0.25, 0.3) is 5.71 Å². The third-order valence-electron chi connectivity index (χ3n) is 5.45. The Balaban J connectivity index is 1.61. The number of hydrogen-bond donors (Lipinski definition) is 2. The van der Waals surface area contributed by atoms with E-state index in [-0.39, 0.29) is 30.4 Å². The Morgan fingerprint density at radius 3 is 2.93 bits per heavy atom. The topological polar surface area (TPSA) is 87.3 Å². The van der Waals surface area contributed by atoms with Gasteiger partial charge in [0.1, 0.15) is 23.3 Å². The summed E-state index contributed by atoms with van der Waals surface area (Å²) in [6.07, 6.45) is 2.19. The van der Waals surface area contributed by atoms with E-state index in [0.717, 1.165) is 17.5 Å². The minimum Gasteiger partial charge on any atom is -0.395 e. The second-order valence-corrected chi connectivity index (χ2v) is 7.02. The van der Waals surface area contributed by atoms with Crippen LogP contribution in [0.1, 0.15) is 23.7 Å². The molecule has 7 nitrogen and oxygen atoms in total. The van der Waals surface area contributed by atoms with Gasteiger partial charge in [0.05, 0.1) is 12.3 Å². The second kappa shape index (κ2) is 7.21. The van der Waals surface area contributed by atoms with Crippen molar-refractivity contribution in [3.05, 3.63) is 47.7 Å². The predicted molar refractivity (Wildman–Crippen MR) is 98.7 cm³/mol. The molecule has 27 heavy (non-hydrogen) atoms. The van der Waals surface area contributed by atoms with Gasteiger partial charge in [-0.15, -0.1) is 0 Å². The maximum absolute atomic E-state index is 14.5. The maximum Gasteiger partial charge on any atom is 0.263 e. The number of aryl methyl sites for hydroxylation is 1. The minimum absolute atomic E-state index is 0.0100. The van der Waals surface area contributed by atoms with Gasteiger partial charge < -0.3 is 14.9 Å². The van der Waals surface area contributed by atoms with Gasteiger partial charge in [-0.1, -0.05) is 23.4 Å². The molecule has 0 radical (unpaired) electrons. The standard InChI is InChI=1S/C19H22FN5O2/c1-11-16-18(22-10-23-19(16)27-24-11)21-8-12-7-13(9-26)25(2)17(12)14-5-3-4-6-15(14)20/h3-6,10,12-13,17,26H,7-9H2,1-2H3,(H,21,22,23)/t12-,13+,17-/m1/s1. The summed E-state index contributed by atoms with van der Waals surface area (Å²) < 4.78 is 19.6. The van der Waals surface area contributed by atoms with Crippen molar-refractivity contribution in [2.75, 3.05) is 25.5 Å². The Hall–Kier alpha value is -2.58. The molecule has 3 atom stereocenters. The number of aromatic nitrogens is 3. The van der Waals surface area contributed by atoms with Crippen molar-refractivity contribution in [2.24, 2.45) is 5.92 Å². The Morgan fingerprint density at radius 2 is 2.15 bits per heavy atom. The zero-order valence-corrected chi connectivity index (χ0v) is 15.3. The molecule has 1 aromatic carbocycles. The number of aliphatic hydroxyl groups is 1. The summed E-state index contributed by atoms with van der Waals surface area (Å²) in [5.41, 5.74) is 1.81. The van der Waals surface area contributed by atoms with Gasteiger partial charge in [-0.05, 0) is 32.4 Å². The normalized spacial score (nSPS) is 23.2. The lowest BCUT2D eigenvalue weighted by molar-refractivity contribution is 0.152. The number of anilines is 1. The van der Waals surface area contributed by atoms with Crippen LogP contribution in [0.25, 0.3) is 11.1 Å². The average molecular weight is 371 g/mol. The van der Waals surface area contributed by atoms with E-state index in [9.17, 15) is 9.50 Å². The lowest BCUT2D eigenvalue weighted by Gasteiger charge is -2.28. The van der Waals surface area contributed by atoms with E-state index in [1.54, 1.807) is 6.07 Å². The van der Waals surface area contributed by atoms with Crippen LogP contribution in [0.4, 0.5) is 10.2 Å². The molecule has 142 valence electrons. The number of benzene rings is 1. The molecule has 1 aliphatic rings. The first-order valence-corrected chi connectivity index (χ1v) is 8.98. The minimum atomic E-state index is -0.225. The molecule has 0 spiro atoms. The smallest absolute Gasteiger partial charge is 0.263 e. The van der Waals surface area contributed by atoms with E-state index in [1.165, 1.54) is 12.4 Å². The summed E-state index contributed by atoms with van der Waals surface area (Å²) in [6, 6.07) is 6.69. The summed E-state index contributed by atoms with van der Waals surface area (Å²) in [5, 5.41) is 17.8.